The maximum atomic E-state index is 10.2. The van der Waals surface area contributed by atoms with Crippen LogP contribution >= 0.6 is 0 Å². The summed E-state index contributed by atoms with van der Waals surface area (Å²) in [4.78, 5) is 0. The first kappa shape index (κ1) is 24.1. The fourth-order valence-electron chi connectivity index (χ4n) is 8.59. The van der Waals surface area contributed by atoms with Crippen molar-refractivity contribution < 1.29 is 5.11 Å². The van der Waals surface area contributed by atoms with Crippen LogP contribution < -0.4 is 0 Å². The Kier molecular flexibility index (Phi) is 7.55. The van der Waals surface area contributed by atoms with Gasteiger partial charge in [0.25, 0.3) is 0 Å². The summed E-state index contributed by atoms with van der Waals surface area (Å²) in [5.41, 5.74) is 4.09. The third-order valence-electron chi connectivity index (χ3n) is 10.4. The number of benzene rings is 1. The van der Waals surface area contributed by atoms with Gasteiger partial charge in [0.15, 0.2) is 0 Å². The van der Waals surface area contributed by atoms with E-state index in [-0.39, 0.29) is 6.10 Å². The first-order valence-electron chi connectivity index (χ1n) is 13.9. The summed E-state index contributed by atoms with van der Waals surface area (Å²) in [6.07, 6.45) is 18.3. The van der Waals surface area contributed by atoms with Crippen LogP contribution in [0.1, 0.15) is 104 Å². The Morgan fingerprint density at radius 1 is 0.906 bits per heavy atom. The molecule has 3 fully saturated rings. The topological polar surface area (TPSA) is 20.2 Å². The molecule has 0 bridgehead atoms. The number of hydrogen-bond donors (Lipinski definition) is 1. The molecule has 0 radical (unpaired) electrons. The summed E-state index contributed by atoms with van der Waals surface area (Å²) in [7, 11) is 0. The van der Waals surface area contributed by atoms with E-state index in [1.807, 2.05) is 13.8 Å². The normalized spacial score (nSPS) is 40.3. The molecule has 0 heterocycles. The average molecular weight is 437 g/mol. The fourth-order valence-corrected chi connectivity index (χ4v) is 8.59. The van der Waals surface area contributed by atoms with E-state index < -0.39 is 0 Å². The van der Waals surface area contributed by atoms with E-state index in [0.717, 1.165) is 36.5 Å². The van der Waals surface area contributed by atoms with Crippen LogP contribution in [-0.2, 0) is 6.42 Å². The van der Waals surface area contributed by atoms with Gasteiger partial charge in [0, 0.05) is 0 Å². The van der Waals surface area contributed by atoms with E-state index in [9.17, 15) is 5.11 Å². The highest BCUT2D eigenvalue weighted by atomic mass is 16.3. The van der Waals surface area contributed by atoms with Gasteiger partial charge in [-0.05, 0) is 111 Å². The predicted molar refractivity (Wildman–Crippen MR) is 137 cm³/mol. The first-order valence-corrected chi connectivity index (χ1v) is 13.9. The Bertz CT molecular complexity index is 766. The third kappa shape index (κ3) is 4.36. The molecule has 4 aliphatic carbocycles. The molecule has 0 amide bonds. The summed E-state index contributed by atoms with van der Waals surface area (Å²) in [5.74, 6) is 3.67. The molecule has 1 heteroatoms. The van der Waals surface area contributed by atoms with Crippen LogP contribution in [0.5, 0.6) is 0 Å². The van der Waals surface area contributed by atoms with Crippen LogP contribution in [0.3, 0.4) is 0 Å². The zero-order valence-corrected chi connectivity index (χ0v) is 21.3. The van der Waals surface area contributed by atoms with Gasteiger partial charge < -0.3 is 5.11 Å². The van der Waals surface area contributed by atoms with Crippen LogP contribution in [0, 0.1) is 34.5 Å². The van der Waals surface area contributed by atoms with Gasteiger partial charge in [-0.25, -0.2) is 0 Å². The Labute approximate surface area is 198 Å². The van der Waals surface area contributed by atoms with E-state index >= 15 is 0 Å². The SMILES string of the molecule is CC.CC12CCC(O)CC1=CCC1C2CCC2(C)C(CCCCc3ccccc3)CCC12. The Hall–Kier alpha value is -1.08. The van der Waals surface area contributed by atoms with Crippen LogP contribution in [0.15, 0.2) is 42.0 Å². The predicted octanol–water partition coefficient (Wildman–Crippen LogP) is 8.37. The molecule has 1 nitrogen and oxygen atoms in total. The van der Waals surface area contributed by atoms with Crippen LogP contribution in [-0.4, -0.2) is 11.2 Å². The minimum Gasteiger partial charge on any atom is -0.393 e. The maximum Gasteiger partial charge on any atom is 0.0577 e. The standard InChI is InChI=1S/C29H42O.C2H6/c1-28-19-17-27-25(14-12-23-20-24(30)16-18-29(23,27)2)26(28)15-13-22(28)11-7-6-10-21-8-4-3-5-9-21;1-2/h3-5,8-9,12,22,24-27,30H,6-7,10-11,13-20H2,1-2H3;1-2H3. The molecule has 4 aliphatic rings. The van der Waals surface area contributed by atoms with E-state index in [1.54, 1.807) is 5.57 Å². The number of allylic oxidation sites excluding steroid dienone is 1. The molecule has 32 heavy (non-hydrogen) atoms. The zero-order valence-electron chi connectivity index (χ0n) is 21.3. The number of aliphatic hydroxyl groups excluding tert-OH is 1. The maximum absolute atomic E-state index is 10.2. The summed E-state index contributed by atoms with van der Waals surface area (Å²) in [5, 5.41) is 10.2. The molecular weight excluding hydrogens is 388 g/mol. The van der Waals surface area contributed by atoms with Gasteiger partial charge in [0.1, 0.15) is 0 Å². The molecule has 7 atom stereocenters. The van der Waals surface area contributed by atoms with E-state index in [4.69, 9.17) is 0 Å². The average Bonchev–Trinajstić information content (AvgIpc) is 3.15. The van der Waals surface area contributed by atoms with Crippen LogP contribution in [0.4, 0.5) is 0 Å². The highest BCUT2D eigenvalue weighted by Crippen LogP contribution is 2.66. The van der Waals surface area contributed by atoms with E-state index in [1.165, 1.54) is 69.8 Å². The van der Waals surface area contributed by atoms with Crippen LogP contribution in [0.25, 0.3) is 0 Å². The summed E-state index contributed by atoms with van der Waals surface area (Å²) in [6.45, 7) is 9.23. The van der Waals surface area contributed by atoms with E-state index in [2.05, 4.69) is 50.3 Å². The highest BCUT2D eigenvalue weighted by molar-refractivity contribution is 5.25. The molecule has 0 spiro atoms. The van der Waals surface area contributed by atoms with Gasteiger partial charge in [-0.15, -0.1) is 0 Å². The monoisotopic (exact) mass is 436 g/mol. The Balaban J connectivity index is 0.00000119. The van der Waals surface area contributed by atoms with Gasteiger partial charge in [0.05, 0.1) is 6.10 Å². The van der Waals surface area contributed by atoms with Crippen molar-refractivity contribution in [1.82, 2.24) is 0 Å². The molecular formula is C31H48O. The Morgan fingerprint density at radius 3 is 2.47 bits per heavy atom. The van der Waals surface area contributed by atoms with Crippen molar-refractivity contribution in [3.05, 3.63) is 47.5 Å². The molecule has 0 aliphatic heterocycles. The second kappa shape index (κ2) is 10.0. The van der Waals surface area contributed by atoms with Gasteiger partial charge in [-0.1, -0.05) is 76.1 Å². The van der Waals surface area contributed by atoms with Crippen molar-refractivity contribution in [1.29, 1.82) is 0 Å². The largest absolute Gasteiger partial charge is 0.393 e. The molecule has 1 N–H and O–H groups in total. The summed E-state index contributed by atoms with van der Waals surface area (Å²) < 4.78 is 0. The highest BCUT2D eigenvalue weighted by Gasteiger charge is 2.58. The van der Waals surface area contributed by atoms with Crippen LogP contribution in [0.2, 0.25) is 0 Å². The van der Waals surface area contributed by atoms with Crippen molar-refractivity contribution in [2.45, 2.75) is 111 Å². The fraction of sp³-hybridized carbons (Fsp3) is 0.742. The second-order valence-corrected chi connectivity index (χ2v) is 11.7. The van der Waals surface area contributed by atoms with Crippen molar-refractivity contribution in [3.8, 4) is 0 Å². The quantitative estimate of drug-likeness (QED) is 0.363. The minimum absolute atomic E-state index is 0.0820. The summed E-state index contributed by atoms with van der Waals surface area (Å²) >= 11 is 0. The van der Waals surface area contributed by atoms with Gasteiger partial charge in [0.2, 0.25) is 0 Å². The van der Waals surface area contributed by atoms with E-state index in [0.29, 0.717) is 10.8 Å². The van der Waals surface area contributed by atoms with Crippen molar-refractivity contribution >= 4 is 0 Å². The molecule has 1 aromatic carbocycles. The first-order chi connectivity index (χ1) is 15.5. The third-order valence-corrected chi connectivity index (χ3v) is 10.4. The smallest absolute Gasteiger partial charge is 0.0577 e. The molecule has 0 aromatic heterocycles. The van der Waals surface area contributed by atoms with Crippen molar-refractivity contribution in [2.24, 2.45) is 34.5 Å². The lowest BCUT2D eigenvalue weighted by Gasteiger charge is -2.58. The number of unbranched alkanes of at least 4 members (excludes halogenated alkanes) is 1. The second-order valence-electron chi connectivity index (χ2n) is 11.7. The lowest BCUT2D eigenvalue weighted by atomic mass is 9.47. The van der Waals surface area contributed by atoms with Gasteiger partial charge >= 0.3 is 0 Å². The minimum atomic E-state index is -0.0820. The molecule has 5 rings (SSSR count). The zero-order chi connectivity index (χ0) is 22.8. The molecule has 178 valence electrons. The number of aryl methyl sites for hydroxylation is 1. The number of aliphatic hydroxyl groups is 1. The molecule has 0 saturated heterocycles. The number of rotatable bonds is 5. The molecule has 3 saturated carbocycles. The van der Waals surface area contributed by atoms with Crippen molar-refractivity contribution in [3.63, 3.8) is 0 Å². The molecule has 1 aromatic rings. The lowest BCUT2D eigenvalue weighted by molar-refractivity contribution is -0.0508. The number of fused-ring (bicyclic) bond motifs is 5. The van der Waals surface area contributed by atoms with Crippen molar-refractivity contribution in [2.75, 3.05) is 0 Å². The molecule has 7 unspecified atom stereocenters. The summed E-state index contributed by atoms with van der Waals surface area (Å²) in [6, 6.07) is 11.0. The Morgan fingerprint density at radius 2 is 1.69 bits per heavy atom. The number of hydrogen-bond acceptors (Lipinski definition) is 1. The lowest BCUT2D eigenvalue weighted by Crippen LogP contribution is -2.50. The van der Waals surface area contributed by atoms with Gasteiger partial charge in [-0.3, -0.25) is 0 Å². The van der Waals surface area contributed by atoms with Gasteiger partial charge in [-0.2, -0.15) is 0 Å².